The van der Waals surface area contributed by atoms with Crippen molar-refractivity contribution < 1.29 is 14.7 Å². The minimum absolute atomic E-state index is 0.312. The third-order valence-corrected chi connectivity index (χ3v) is 4.87. The van der Waals surface area contributed by atoms with Gasteiger partial charge in [-0.2, -0.15) is 0 Å². The van der Waals surface area contributed by atoms with Crippen LogP contribution >= 0.6 is 11.6 Å². The molecule has 1 heterocycles. The maximum Gasteiger partial charge on any atom is 0.137 e. The molecule has 0 bridgehead atoms. The fourth-order valence-electron chi connectivity index (χ4n) is 3.23. The predicted molar refractivity (Wildman–Crippen MR) is 102 cm³/mol. The van der Waals surface area contributed by atoms with Gasteiger partial charge in [0.25, 0.3) is 0 Å². The molecule has 0 amide bonds. The molecule has 4 nitrogen and oxygen atoms in total. The molecule has 0 spiro atoms. The zero-order chi connectivity index (χ0) is 17.6. The van der Waals surface area contributed by atoms with Crippen molar-refractivity contribution in [3.63, 3.8) is 0 Å². The van der Waals surface area contributed by atoms with Crippen LogP contribution in [0.15, 0.2) is 48.5 Å². The maximum atomic E-state index is 10.3. The van der Waals surface area contributed by atoms with Crippen LogP contribution in [0.25, 0.3) is 0 Å². The number of hydrogen-bond donors (Lipinski definition) is 2. The number of quaternary nitrogens is 1. The lowest BCUT2D eigenvalue weighted by atomic mass is 10.2. The van der Waals surface area contributed by atoms with Crippen LogP contribution in [0.4, 0.5) is 5.69 Å². The van der Waals surface area contributed by atoms with Crippen LogP contribution in [0.2, 0.25) is 5.02 Å². The third-order valence-electron chi connectivity index (χ3n) is 4.62. The fraction of sp³-hybridized carbons (Fsp3) is 0.400. The normalized spacial score (nSPS) is 16.7. The van der Waals surface area contributed by atoms with E-state index < -0.39 is 6.10 Å². The van der Waals surface area contributed by atoms with E-state index in [0.29, 0.717) is 11.6 Å². The van der Waals surface area contributed by atoms with Gasteiger partial charge in [0, 0.05) is 10.7 Å². The highest BCUT2D eigenvalue weighted by molar-refractivity contribution is 6.30. The van der Waals surface area contributed by atoms with E-state index in [1.54, 1.807) is 12.1 Å². The molecule has 3 rings (SSSR count). The van der Waals surface area contributed by atoms with E-state index in [1.165, 1.54) is 16.2 Å². The number of benzene rings is 2. The number of aliphatic hydroxyl groups is 1. The molecular weight excluding hydrogens is 336 g/mol. The third kappa shape index (κ3) is 5.36. The molecule has 1 fully saturated rings. The van der Waals surface area contributed by atoms with E-state index in [1.807, 2.05) is 12.1 Å². The summed E-state index contributed by atoms with van der Waals surface area (Å²) in [5, 5.41) is 10.9. The summed E-state index contributed by atoms with van der Waals surface area (Å²) in [6.45, 7) is 7.26. The number of nitrogens with zero attached hydrogens (tertiary/aromatic N) is 1. The van der Waals surface area contributed by atoms with Gasteiger partial charge in [0.15, 0.2) is 0 Å². The minimum Gasteiger partial charge on any atom is -0.491 e. The highest BCUT2D eigenvalue weighted by Crippen LogP contribution is 2.16. The zero-order valence-corrected chi connectivity index (χ0v) is 15.4. The van der Waals surface area contributed by atoms with Gasteiger partial charge in [-0.3, -0.25) is 0 Å². The summed E-state index contributed by atoms with van der Waals surface area (Å²) in [5.74, 6) is 0.739. The van der Waals surface area contributed by atoms with Gasteiger partial charge in [0.1, 0.15) is 25.0 Å². The van der Waals surface area contributed by atoms with Crippen LogP contribution in [-0.4, -0.2) is 50.5 Å². The Morgan fingerprint density at radius 2 is 1.88 bits per heavy atom. The van der Waals surface area contributed by atoms with Gasteiger partial charge >= 0.3 is 0 Å². The average Bonchev–Trinajstić information content (AvgIpc) is 2.62. The first kappa shape index (κ1) is 18.1. The Hall–Kier alpha value is -1.75. The van der Waals surface area contributed by atoms with Gasteiger partial charge < -0.3 is 19.6 Å². The van der Waals surface area contributed by atoms with E-state index in [0.717, 1.165) is 38.5 Å². The Morgan fingerprint density at radius 3 is 2.56 bits per heavy atom. The highest BCUT2D eigenvalue weighted by atomic mass is 35.5. The Balaban J connectivity index is 1.41. The number of nitrogens with one attached hydrogen (secondary N) is 1. The zero-order valence-electron chi connectivity index (χ0n) is 14.6. The smallest absolute Gasteiger partial charge is 0.137 e. The lowest BCUT2D eigenvalue weighted by molar-refractivity contribution is -0.903. The van der Waals surface area contributed by atoms with Crippen LogP contribution < -0.4 is 14.5 Å². The Morgan fingerprint density at radius 1 is 1.16 bits per heavy atom. The standard InChI is InChI=1S/C20H25ClN2O2/c1-16-3-2-4-18(13-16)23-11-9-22(10-12-23)14-19(24)15-25-20-7-5-17(21)6-8-20/h2-8,13,19,24H,9-12,14-15H2,1H3/p+1/t19-/m1/s1. The lowest BCUT2D eigenvalue weighted by Gasteiger charge is -2.34. The van der Waals surface area contributed by atoms with Crippen molar-refractivity contribution in [3.05, 3.63) is 59.1 Å². The number of aliphatic hydroxyl groups excluding tert-OH is 1. The van der Waals surface area contributed by atoms with Crippen molar-refractivity contribution >= 4 is 17.3 Å². The first-order valence-corrected chi connectivity index (χ1v) is 9.19. The monoisotopic (exact) mass is 361 g/mol. The number of rotatable bonds is 6. The highest BCUT2D eigenvalue weighted by Gasteiger charge is 2.22. The summed E-state index contributed by atoms with van der Waals surface area (Å²) in [4.78, 5) is 3.85. The molecule has 0 saturated carbocycles. The largest absolute Gasteiger partial charge is 0.491 e. The lowest BCUT2D eigenvalue weighted by Crippen LogP contribution is -3.16. The van der Waals surface area contributed by atoms with Crippen molar-refractivity contribution in [1.82, 2.24) is 0 Å². The molecule has 0 aliphatic carbocycles. The van der Waals surface area contributed by atoms with E-state index in [-0.39, 0.29) is 0 Å². The summed E-state index contributed by atoms with van der Waals surface area (Å²) >= 11 is 5.86. The number of ether oxygens (including phenoxy) is 1. The molecule has 0 radical (unpaired) electrons. The van der Waals surface area contributed by atoms with Crippen LogP contribution in [-0.2, 0) is 0 Å². The summed E-state index contributed by atoms with van der Waals surface area (Å²) in [6, 6.07) is 15.9. The van der Waals surface area contributed by atoms with E-state index in [9.17, 15) is 5.11 Å². The fourth-order valence-corrected chi connectivity index (χ4v) is 3.35. The number of anilines is 1. The maximum absolute atomic E-state index is 10.3. The first-order valence-electron chi connectivity index (χ1n) is 8.82. The van der Waals surface area contributed by atoms with Crippen LogP contribution in [0.3, 0.4) is 0 Å². The van der Waals surface area contributed by atoms with Gasteiger partial charge in [-0.25, -0.2) is 0 Å². The van der Waals surface area contributed by atoms with Crippen molar-refractivity contribution in [2.24, 2.45) is 0 Å². The average molecular weight is 362 g/mol. The molecule has 1 saturated heterocycles. The van der Waals surface area contributed by atoms with Crippen LogP contribution in [0.5, 0.6) is 5.75 Å². The molecular formula is C20H26ClN2O2+. The summed E-state index contributed by atoms with van der Waals surface area (Å²) in [5.41, 5.74) is 2.59. The molecule has 25 heavy (non-hydrogen) atoms. The Kier molecular flexibility index (Phi) is 6.19. The van der Waals surface area contributed by atoms with E-state index in [2.05, 4.69) is 36.1 Å². The van der Waals surface area contributed by atoms with Crippen molar-refractivity contribution in [3.8, 4) is 5.75 Å². The molecule has 2 aromatic carbocycles. The summed E-state index contributed by atoms with van der Waals surface area (Å²) in [7, 11) is 0. The van der Waals surface area contributed by atoms with E-state index in [4.69, 9.17) is 16.3 Å². The second kappa shape index (κ2) is 8.56. The molecule has 1 aliphatic heterocycles. The molecule has 5 heteroatoms. The molecule has 2 N–H and O–H groups in total. The molecule has 134 valence electrons. The van der Waals surface area contributed by atoms with Gasteiger partial charge in [-0.1, -0.05) is 23.7 Å². The van der Waals surface area contributed by atoms with E-state index >= 15 is 0 Å². The second-order valence-corrected chi connectivity index (χ2v) is 7.14. The van der Waals surface area contributed by atoms with Gasteiger partial charge in [0.05, 0.1) is 26.2 Å². The van der Waals surface area contributed by atoms with Crippen LogP contribution in [0, 0.1) is 6.92 Å². The summed E-state index contributed by atoms with van der Waals surface area (Å²) in [6.07, 6.45) is -0.462. The topological polar surface area (TPSA) is 37.1 Å². The molecule has 0 aromatic heterocycles. The minimum atomic E-state index is -0.462. The first-order chi connectivity index (χ1) is 12.1. The number of aryl methyl sites for hydroxylation is 1. The number of hydrogen-bond acceptors (Lipinski definition) is 3. The molecule has 1 atom stereocenters. The van der Waals surface area contributed by atoms with Gasteiger partial charge in [-0.15, -0.1) is 0 Å². The number of halogens is 1. The van der Waals surface area contributed by atoms with Crippen molar-refractivity contribution in [1.29, 1.82) is 0 Å². The second-order valence-electron chi connectivity index (χ2n) is 6.70. The van der Waals surface area contributed by atoms with Gasteiger partial charge in [-0.05, 0) is 48.9 Å². The summed E-state index contributed by atoms with van der Waals surface area (Å²) < 4.78 is 5.64. The Bertz CT molecular complexity index is 670. The van der Waals surface area contributed by atoms with Gasteiger partial charge in [0.2, 0.25) is 0 Å². The molecule has 1 aliphatic rings. The quantitative estimate of drug-likeness (QED) is 0.823. The molecule has 2 aromatic rings. The molecule has 0 unspecified atom stereocenters. The predicted octanol–water partition coefficient (Wildman–Crippen LogP) is 1.79. The Labute approximate surface area is 154 Å². The van der Waals surface area contributed by atoms with Crippen molar-refractivity contribution in [2.45, 2.75) is 13.0 Å². The number of piperazine rings is 1. The van der Waals surface area contributed by atoms with Crippen molar-refractivity contribution in [2.75, 3.05) is 44.2 Å². The van der Waals surface area contributed by atoms with Crippen LogP contribution in [0.1, 0.15) is 5.56 Å². The SMILES string of the molecule is Cc1cccc(N2CC[NH+](C[C@@H](O)COc3ccc(Cl)cc3)CC2)c1.